The van der Waals surface area contributed by atoms with E-state index in [1.165, 1.54) is 5.56 Å². The monoisotopic (exact) mass is 287 g/mol. The third kappa shape index (κ3) is 2.83. The van der Waals surface area contributed by atoms with Crippen LogP contribution >= 0.6 is 23.2 Å². The Morgan fingerprint density at radius 2 is 1.94 bits per heavy atom. The van der Waals surface area contributed by atoms with E-state index in [4.69, 9.17) is 23.2 Å². The zero-order valence-corrected chi connectivity index (χ0v) is 12.1. The van der Waals surface area contributed by atoms with Crippen LogP contribution in [-0.2, 0) is 5.41 Å². The first-order valence-corrected chi connectivity index (χ1v) is 7.11. The van der Waals surface area contributed by atoms with Gasteiger partial charge in [-0.05, 0) is 50.4 Å². The highest BCUT2D eigenvalue weighted by molar-refractivity contribution is 6.42. The lowest BCUT2D eigenvalue weighted by atomic mass is 9.68. The van der Waals surface area contributed by atoms with Crippen LogP contribution in [0.1, 0.15) is 31.2 Å². The van der Waals surface area contributed by atoms with E-state index < -0.39 is 0 Å². The number of nitrogens with one attached hydrogen (secondary N) is 1. The third-order valence-corrected chi connectivity index (χ3v) is 4.70. The summed E-state index contributed by atoms with van der Waals surface area (Å²) in [6, 6.07) is 5.89. The number of rotatable bonds is 3. The predicted octanol–water partition coefficient (Wildman–Crippen LogP) is 3.39. The minimum Gasteiger partial charge on any atom is -0.393 e. The van der Waals surface area contributed by atoms with E-state index in [-0.39, 0.29) is 11.5 Å². The van der Waals surface area contributed by atoms with Crippen molar-refractivity contribution in [3.8, 4) is 0 Å². The van der Waals surface area contributed by atoms with Gasteiger partial charge in [0.15, 0.2) is 0 Å². The molecule has 2 nitrogen and oxygen atoms in total. The van der Waals surface area contributed by atoms with Gasteiger partial charge in [0.2, 0.25) is 0 Å². The molecule has 1 aromatic carbocycles. The first kappa shape index (κ1) is 14.1. The zero-order chi connectivity index (χ0) is 13.2. The summed E-state index contributed by atoms with van der Waals surface area (Å²) in [5.74, 6) is 0. The van der Waals surface area contributed by atoms with E-state index in [1.54, 1.807) is 0 Å². The molecule has 2 N–H and O–H groups in total. The Bertz CT molecular complexity index is 414. The molecular formula is C14H19Cl2NO. The Kier molecular flexibility index (Phi) is 4.54. The Labute approximate surface area is 118 Å². The summed E-state index contributed by atoms with van der Waals surface area (Å²) in [5.41, 5.74) is 1.29. The summed E-state index contributed by atoms with van der Waals surface area (Å²) in [4.78, 5) is 0. The van der Waals surface area contributed by atoms with Crippen molar-refractivity contribution in [3.63, 3.8) is 0 Å². The molecule has 2 rings (SSSR count). The summed E-state index contributed by atoms with van der Waals surface area (Å²) < 4.78 is 0. The summed E-state index contributed by atoms with van der Waals surface area (Å²) in [5, 5.41) is 14.2. The lowest BCUT2D eigenvalue weighted by molar-refractivity contribution is 0.0952. The number of halogens is 2. The highest BCUT2D eigenvalue weighted by Crippen LogP contribution is 2.40. The maximum absolute atomic E-state index is 9.69. The largest absolute Gasteiger partial charge is 0.393 e. The normalized spacial score (nSPS) is 28.3. The predicted molar refractivity (Wildman–Crippen MR) is 76.5 cm³/mol. The van der Waals surface area contributed by atoms with Crippen LogP contribution in [0, 0.1) is 0 Å². The lowest BCUT2D eigenvalue weighted by Gasteiger charge is -2.39. The first-order valence-electron chi connectivity index (χ1n) is 6.35. The zero-order valence-electron chi connectivity index (χ0n) is 10.5. The fourth-order valence-electron chi connectivity index (χ4n) is 2.89. The van der Waals surface area contributed by atoms with Gasteiger partial charge in [-0.15, -0.1) is 0 Å². The molecule has 0 aromatic heterocycles. The minimum atomic E-state index is -0.155. The van der Waals surface area contributed by atoms with Gasteiger partial charge in [-0.2, -0.15) is 0 Å². The number of aliphatic hydroxyl groups is 1. The van der Waals surface area contributed by atoms with Gasteiger partial charge < -0.3 is 10.4 Å². The SMILES string of the molecule is CNCC1(c2ccc(Cl)c(Cl)c2)CCC(O)CC1. The van der Waals surface area contributed by atoms with Crippen molar-refractivity contribution in [1.82, 2.24) is 5.32 Å². The third-order valence-electron chi connectivity index (χ3n) is 3.96. The molecular weight excluding hydrogens is 269 g/mol. The van der Waals surface area contributed by atoms with Gasteiger partial charge >= 0.3 is 0 Å². The van der Waals surface area contributed by atoms with Crippen LogP contribution in [0.25, 0.3) is 0 Å². The lowest BCUT2D eigenvalue weighted by Crippen LogP contribution is -2.41. The molecule has 0 heterocycles. The summed E-state index contributed by atoms with van der Waals surface area (Å²) >= 11 is 12.1. The van der Waals surface area contributed by atoms with Crippen molar-refractivity contribution in [2.75, 3.05) is 13.6 Å². The van der Waals surface area contributed by atoms with E-state index in [0.29, 0.717) is 10.0 Å². The maximum Gasteiger partial charge on any atom is 0.0595 e. The number of benzene rings is 1. The second-order valence-corrected chi connectivity index (χ2v) is 5.99. The van der Waals surface area contributed by atoms with Crippen LogP contribution < -0.4 is 5.32 Å². The average molecular weight is 288 g/mol. The topological polar surface area (TPSA) is 32.3 Å². The summed E-state index contributed by atoms with van der Waals surface area (Å²) in [6.45, 7) is 0.900. The van der Waals surface area contributed by atoms with Crippen molar-refractivity contribution >= 4 is 23.2 Å². The molecule has 100 valence electrons. The Hall–Kier alpha value is -0.280. The van der Waals surface area contributed by atoms with Crippen molar-refractivity contribution < 1.29 is 5.11 Å². The van der Waals surface area contributed by atoms with Gasteiger partial charge in [0.05, 0.1) is 16.1 Å². The highest BCUT2D eigenvalue weighted by Gasteiger charge is 2.36. The van der Waals surface area contributed by atoms with Gasteiger partial charge in [0.1, 0.15) is 0 Å². The second-order valence-electron chi connectivity index (χ2n) is 5.17. The molecule has 1 aliphatic rings. The van der Waals surface area contributed by atoms with Gasteiger partial charge in [-0.25, -0.2) is 0 Å². The molecule has 1 fully saturated rings. The van der Waals surface area contributed by atoms with E-state index >= 15 is 0 Å². The summed E-state index contributed by atoms with van der Waals surface area (Å²) in [6.07, 6.45) is 3.50. The molecule has 0 unspecified atom stereocenters. The fourth-order valence-corrected chi connectivity index (χ4v) is 3.19. The molecule has 0 saturated heterocycles. The molecule has 18 heavy (non-hydrogen) atoms. The Morgan fingerprint density at radius 3 is 2.50 bits per heavy atom. The van der Waals surface area contributed by atoms with Crippen molar-refractivity contribution in [2.24, 2.45) is 0 Å². The molecule has 1 aliphatic carbocycles. The average Bonchev–Trinajstić information content (AvgIpc) is 2.36. The molecule has 0 bridgehead atoms. The number of likely N-dealkylation sites (N-methyl/N-ethyl adjacent to an activating group) is 1. The highest BCUT2D eigenvalue weighted by atomic mass is 35.5. The number of hydrogen-bond acceptors (Lipinski definition) is 2. The van der Waals surface area contributed by atoms with Crippen LogP contribution in [0.5, 0.6) is 0 Å². The molecule has 0 amide bonds. The number of aliphatic hydroxyl groups excluding tert-OH is 1. The van der Waals surface area contributed by atoms with Gasteiger partial charge in [-0.3, -0.25) is 0 Å². The van der Waals surface area contributed by atoms with E-state index in [1.807, 2.05) is 19.2 Å². The van der Waals surface area contributed by atoms with Gasteiger partial charge in [0, 0.05) is 12.0 Å². The van der Waals surface area contributed by atoms with Crippen LogP contribution in [-0.4, -0.2) is 24.8 Å². The quantitative estimate of drug-likeness (QED) is 0.893. The molecule has 1 saturated carbocycles. The smallest absolute Gasteiger partial charge is 0.0595 e. The Balaban J connectivity index is 2.31. The van der Waals surface area contributed by atoms with Crippen LogP contribution in [0.15, 0.2) is 18.2 Å². The number of hydrogen-bond donors (Lipinski definition) is 2. The molecule has 0 atom stereocenters. The van der Waals surface area contributed by atoms with Gasteiger partial charge in [-0.1, -0.05) is 29.3 Å². The van der Waals surface area contributed by atoms with E-state index in [9.17, 15) is 5.11 Å². The molecule has 4 heteroatoms. The second kappa shape index (κ2) is 5.79. The first-order chi connectivity index (χ1) is 8.57. The minimum absolute atomic E-state index is 0.0716. The van der Waals surface area contributed by atoms with Crippen LogP contribution in [0.3, 0.4) is 0 Å². The molecule has 1 aromatic rings. The molecule has 0 radical (unpaired) electrons. The van der Waals surface area contributed by atoms with Crippen molar-refractivity contribution in [3.05, 3.63) is 33.8 Å². The molecule has 0 aliphatic heterocycles. The van der Waals surface area contributed by atoms with Gasteiger partial charge in [0.25, 0.3) is 0 Å². The van der Waals surface area contributed by atoms with Crippen molar-refractivity contribution in [1.29, 1.82) is 0 Å². The summed E-state index contributed by atoms with van der Waals surface area (Å²) in [7, 11) is 1.96. The standard InChI is InChI=1S/C14H19Cl2NO/c1-17-9-14(6-4-11(18)5-7-14)10-2-3-12(15)13(16)8-10/h2-3,8,11,17-18H,4-7,9H2,1H3. The Morgan fingerprint density at radius 1 is 1.28 bits per heavy atom. The van der Waals surface area contributed by atoms with Crippen LogP contribution in [0.2, 0.25) is 10.0 Å². The van der Waals surface area contributed by atoms with Crippen molar-refractivity contribution in [2.45, 2.75) is 37.2 Å². The fraction of sp³-hybridized carbons (Fsp3) is 0.571. The van der Waals surface area contributed by atoms with E-state index in [0.717, 1.165) is 32.2 Å². The maximum atomic E-state index is 9.69. The molecule has 0 spiro atoms. The van der Waals surface area contributed by atoms with Crippen LogP contribution in [0.4, 0.5) is 0 Å². The van der Waals surface area contributed by atoms with E-state index in [2.05, 4.69) is 11.4 Å².